The van der Waals surface area contributed by atoms with Gasteiger partial charge in [-0.05, 0) is 42.7 Å². The van der Waals surface area contributed by atoms with Gasteiger partial charge in [-0.1, -0.05) is 40.2 Å². The van der Waals surface area contributed by atoms with E-state index in [2.05, 4.69) is 21.2 Å². The summed E-state index contributed by atoms with van der Waals surface area (Å²) in [5.74, 6) is 1.06. The number of carbonyl (C=O) groups is 1. The molecule has 4 nitrogen and oxygen atoms in total. The molecule has 0 aromatic heterocycles. The number of amides is 1. The molecular weight excluding hydrogens is 358 g/mol. The molecule has 1 saturated carbocycles. The van der Waals surface area contributed by atoms with Gasteiger partial charge >= 0.3 is 0 Å². The molecule has 1 aliphatic rings. The zero-order valence-electron chi connectivity index (χ0n) is 12.8. The Bertz CT molecular complexity index is 696. The maximum Gasteiger partial charge on any atom is 0.258 e. The molecule has 3 rings (SSSR count). The second-order valence-corrected chi connectivity index (χ2v) is 6.49. The highest BCUT2D eigenvalue weighted by Crippen LogP contribution is 2.45. The van der Waals surface area contributed by atoms with Gasteiger partial charge in [-0.15, -0.1) is 0 Å². The lowest BCUT2D eigenvalue weighted by Crippen LogP contribution is -2.38. The molecule has 0 atom stereocenters. The molecule has 0 bridgehead atoms. The van der Waals surface area contributed by atoms with Gasteiger partial charge in [0, 0.05) is 4.47 Å². The minimum Gasteiger partial charge on any atom is -0.493 e. The van der Waals surface area contributed by atoms with E-state index in [1.165, 1.54) is 0 Å². The average Bonchev–Trinajstić information content (AvgIpc) is 3.34. The Morgan fingerprint density at radius 3 is 2.39 bits per heavy atom. The van der Waals surface area contributed by atoms with Gasteiger partial charge in [-0.2, -0.15) is 0 Å². The van der Waals surface area contributed by atoms with E-state index in [1.54, 1.807) is 19.2 Å². The first kappa shape index (κ1) is 15.9. The SMILES string of the molecule is COc1ccccc1OCC(=O)NC1(c2ccc(Br)cc2)CC1. The van der Waals surface area contributed by atoms with Crippen LogP contribution < -0.4 is 14.8 Å². The first-order chi connectivity index (χ1) is 11.1. The summed E-state index contributed by atoms with van der Waals surface area (Å²) in [6.07, 6.45) is 1.91. The summed E-state index contributed by atoms with van der Waals surface area (Å²) in [4.78, 5) is 12.2. The van der Waals surface area contributed by atoms with Crippen molar-refractivity contribution in [2.45, 2.75) is 18.4 Å². The van der Waals surface area contributed by atoms with Crippen LogP contribution in [0.1, 0.15) is 18.4 Å². The van der Waals surface area contributed by atoms with Crippen molar-refractivity contribution in [3.05, 3.63) is 58.6 Å². The van der Waals surface area contributed by atoms with Crippen LogP contribution in [0.15, 0.2) is 53.0 Å². The number of methoxy groups -OCH3 is 1. The first-order valence-electron chi connectivity index (χ1n) is 7.46. The van der Waals surface area contributed by atoms with Crippen molar-refractivity contribution in [1.29, 1.82) is 0 Å². The summed E-state index contributed by atoms with van der Waals surface area (Å²) in [6, 6.07) is 15.4. The molecule has 1 N–H and O–H groups in total. The van der Waals surface area contributed by atoms with Crippen molar-refractivity contribution < 1.29 is 14.3 Å². The van der Waals surface area contributed by atoms with Crippen molar-refractivity contribution in [3.8, 4) is 11.5 Å². The van der Waals surface area contributed by atoms with Gasteiger partial charge in [0.2, 0.25) is 0 Å². The van der Waals surface area contributed by atoms with Gasteiger partial charge < -0.3 is 14.8 Å². The minimum atomic E-state index is -0.234. The summed E-state index contributed by atoms with van der Waals surface area (Å²) in [5, 5.41) is 3.09. The van der Waals surface area contributed by atoms with E-state index in [-0.39, 0.29) is 18.1 Å². The van der Waals surface area contributed by atoms with Crippen LogP contribution in [0.25, 0.3) is 0 Å². The Balaban J connectivity index is 1.60. The lowest BCUT2D eigenvalue weighted by atomic mass is 10.1. The van der Waals surface area contributed by atoms with E-state index >= 15 is 0 Å². The number of benzene rings is 2. The Kier molecular flexibility index (Phi) is 4.57. The molecule has 0 spiro atoms. The Labute approximate surface area is 143 Å². The van der Waals surface area contributed by atoms with E-state index in [1.807, 2.05) is 36.4 Å². The lowest BCUT2D eigenvalue weighted by molar-refractivity contribution is -0.124. The van der Waals surface area contributed by atoms with Gasteiger partial charge in [-0.25, -0.2) is 0 Å². The van der Waals surface area contributed by atoms with Crippen molar-refractivity contribution in [1.82, 2.24) is 5.32 Å². The molecule has 1 amide bonds. The first-order valence-corrected chi connectivity index (χ1v) is 8.25. The zero-order valence-corrected chi connectivity index (χ0v) is 14.4. The number of carbonyl (C=O) groups excluding carboxylic acids is 1. The number of hydrogen-bond acceptors (Lipinski definition) is 3. The average molecular weight is 376 g/mol. The quantitative estimate of drug-likeness (QED) is 0.838. The summed E-state index contributed by atoms with van der Waals surface area (Å²) in [7, 11) is 1.58. The van der Waals surface area contributed by atoms with Crippen LogP contribution in [0.5, 0.6) is 11.5 Å². The highest BCUT2D eigenvalue weighted by atomic mass is 79.9. The van der Waals surface area contributed by atoms with E-state index in [0.717, 1.165) is 22.9 Å². The molecule has 2 aromatic carbocycles. The molecule has 120 valence electrons. The number of para-hydroxylation sites is 2. The summed E-state index contributed by atoms with van der Waals surface area (Å²) >= 11 is 3.43. The molecule has 5 heteroatoms. The Morgan fingerprint density at radius 1 is 1.13 bits per heavy atom. The molecule has 0 saturated heterocycles. The van der Waals surface area contributed by atoms with Crippen molar-refractivity contribution in [3.63, 3.8) is 0 Å². The van der Waals surface area contributed by atoms with Gasteiger partial charge in [0.25, 0.3) is 5.91 Å². The highest BCUT2D eigenvalue weighted by molar-refractivity contribution is 9.10. The predicted molar refractivity (Wildman–Crippen MR) is 91.7 cm³/mol. The summed E-state index contributed by atoms with van der Waals surface area (Å²) in [5.41, 5.74) is 0.897. The molecule has 2 aromatic rings. The summed E-state index contributed by atoms with van der Waals surface area (Å²) in [6.45, 7) is -0.0291. The fourth-order valence-electron chi connectivity index (χ4n) is 2.56. The zero-order chi connectivity index (χ0) is 16.3. The van der Waals surface area contributed by atoms with E-state index in [4.69, 9.17) is 9.47 Å². The maximum absolute atomic E-state index is 12.2. The fraction of sp³-hybridized carbons (Fsp3) is 0.278. The minimum absolute atomic E-state index is 0.0291. The lowest BCUT2D eigenvalue weighted by Gasteiger charge is -2.18. The van der Waals surface area contributed by atoms with Gasteiger partial charge in [0.1, 0.15) is 0 Å². The van der Waals surface area contributed by atoms with Crippen LogP contribution in [0, 0.1) is 0 Å². The second kappa shape index (κ2) is 6.62. The van der Waals surface area contributed by atoms with Crippen molar-refractivity contribution in [2.75, 3.05) is 13.7 Å². The number of ether oxygens (including phenoxy) is 2. The van der Waals surface area contributed by atoms with Crippen LogP contribution >= 0.6 is 15.9 Å². The Hall–Kier alpha value is -2.01. The van der Waals surface area contributed by atoms with E-state index < -0.39 is 0 Å². The van der Waals surface area contributed by atoms with Gasteiger partial charge in [-0.3, -0.25) is 4.79 Å². The molecule has 0 heterocycles. The van der Waals surface area contributed by atoms with Crippen molar-refractivity contribution >= 4 is 21.8 Å². The number of hydrogen-bond donors (Lipinski definition) is 1. The third-order valence-electron chi connectivity index (χ3n) is 3.95. The van der Waals surface area contributed by atoms with Crippen LogP contribution in [0.2, 0.25) is 0 Å². The third-order valence-corrected chi connectivity index (χ3v) is 4.48. The number of rotatable bonds is 6. The standard InChI is InChI=1S/C18H18BrNO3/c1-22-15-4-2-3-5-16(15)23-12-17(21)20-18(10-11-18)13-6-8-14(19)9-7-13/h2-9H,10-12H2,1H3,(H,20,21). The van der Waals surface area contributed by atoms with Crippen LogP contribution in [0.3, 0.4) is 0 Å². The molecule has 1 fully saturated rings. The Morgan fingerprint density at radius 2 is 1.78 bits per heavy atom. The maximum atomic E-state index is 12.2. The summed E-state index contributed by atoms with van der Waals surface area (Å²) < 4.78 is 11.8. The molecule has 0 unspecified atom stereocenters. The topological polar surface area (TPSA) is 47.6 Å². The third kappa shape index (κ3) is 3.67. The monoisotopic (exact) mass is 375 g/mol. The molecule has 1 aliphatic carbocycles. The van der Waals surface area contributed by atoms with E-state index in [0.29, 0.717) is 11.5 Å². The molecular formula is C18H18BrNO3. The largest absolute Gasteiger partial charge is 0.493 e. The smallest absolute Gasteiger partial charge is 0.258 e. The second-order valence-electron chi connectivity index (χ2n) is 5.58. The fourth-order valence-corrected chi connectivity index (χ4v) is 2.83. The van der Waals surface area contributed by atoms with Crippen LogP contribution in [-0.4, -0.2) is 19.6 Å². The normalized spacial score (nSPS) is 14.9. The van der Waals surface area contributed by atoms with Crippen molar-refractivity contribution in [2.24, 2.45) is 0 Å². The van der Waals surface area contributed by atoms with Crippen LogP contribution in [0.4, 0.5) is 0 Å². The number of halogens is 1. The van der Waals surface area contributed by atoms with Crippen LogP contribution in [-0.2, 0) is 10.3 Å². The van der Waals surface area contributed by atoms with Gasteiger partial charge in [0.05, 0.1) is 12.6 Å². The van der Waals surface area contributed by atoms with Gasteiger partial charge in [0.15, 0.2) is 18.1 Å². The highest BCUT2D eigenvalue weighted by Gasteiger charge is 2.45. The molecule has 0 aliphatic heterocycles. The molecule has 23 heavy (non-hydrogen) atoms. The molecule has 0 radical (unpaired) electrons. The predicted octanol–water partition coefficient (Wildman–Crippen LogP) is 3.64. The number of nitrogens with one attached hydrogen (secondary N) is 1. The van der Waals surface area contributed by atoms with E-state index in [9.17, 15) is 4.79 Å².